The highest BCUT2D eigenvalue weighted by Crippen LogP contribution is 2.25. The lowest BCUT2D eigenvalue weighted by molar-refractivity contribution is -0.126. The monoisotopic (exact) mass is 394 g/mol. The Labute approximate surface area is 159 Å². The number of carbonyl (C=O) groups excluding carboxylic acids is 1. The van der Waals surface area contributed by atoms with Crippen LogP contribution in [-0.2, 0) is 35.0 Å². The van der Waals surface area contributed by atoms with Gasteiger partial charge in [0.15, 0.2) is 0 Å². The molecule has 3 heterocycles. The van der Waals surface area contributed by atoms with E-state index in [1.54, 1.807) is 28.7 Å². The van der Waals surface area contributed by atoms with Crippen molar-refractivity contribution in [2.75, 3.05) is 13.1 Å². The van der Waals surface area contributed by atoms with Gasteiger partial charge in [0.2, 0.25) is 15.9 Å². The summed E-state index contributed by atoms with van der Waals surface area (Å²) in [6.07, 6.45) is 6.44. The quantitative estimate of drug-likeness (QED) is 0.776. The lowest BCUT2D eigenvalue weighted by Gasteiger charge is -2.31. The van der Waals surface area contributed by atoms with Crippen LogP contribution in [0.1, 0.15) is 31.0 Å². The molecule has 0 aromatic carbocycles. The summed E-state index contributed by atoms with van der Waals surface area (Å²) < 4.78 is 30.7. The van der Waals surface area contributed by atoms with E-state index in [-0.39, 0.29) is 23.3 Å². The second kappa shape index (κ2) is 7.81. The first-order valence-electron chi connectivity index (χ1n) is 9.10. The molecule has 1 amide bonds. The maximum Gasteiger partial charge on any atom is 0.246 e. The molecule has 0 spiro atoms. The van der Waals surface area contributed by atoms with Gasteiger partial charge in [-0.15, -0.1) is 0 Å². The molecule has 2 aromatic rings. The van der Waals surface area contributed by atoms with Crippen LogP contribution in [0.5, 0.6) is 0 Å². The molecule has 0 radical (unpaired) electrons. The second-order valence-electron chi connectivity index (χ2n) is 6.88. The number of nitrogens with one attached hydrogen (secondary N) is 1. The van der Waals surface area contributed by atoms with Crippen molar-refractivity contribution >= 4 is 15.9 Å². The number of aromatic nitrogens is 4. The van der Waals surface area contributed by atoms with Crippen LogP contribution in [0.3, 0.4) is 0 Å². The molecule has 1 unspecified atom stereocenters. The Hall–Kier alpha value is -2.20. The van der Waals surface area contributed by atoms with Crippen molar-refractivity contribution in [3.8, 4) is 0 Å². The fourth-order valence-corrected chi connectivity index (χ4v) is 5.02. The number of amides is 1. The fourth-order valence-electron chi connectivity index (χ4n) is 3.33. The molecule has 1 saturated heterocycles. The van der Waals surface area contributed by atoms with E-state index in [1.807, 2.05) is 20.2 Å². The third-order valence-corrected chi connectivity index (χ3v) is 6.79. The minimum Gasteiger partial charge on any atom is -0.352 e. The summed E-state index contributed by atoms with van der Waals surface area (Å²) >= 11 is 0. The Bertz CT molecular complexity index is 917. The van der Waals surface area contributed by atoms with Crippen molar-refractivity contribution in [1.29, 1.82) is 0 Å². The highest BCUT2D eigenvalue weighted by atomic mass is 32.2. The van der Waals surface area contributed by atoms with E-state index in [0.717, 1.165) is 5.56 Å². The number of piperidine rings is 1. The molecule has 9 nitrogen and oxygen atoms in total. The van der Waals surface area contributed by atoms with Crippen molar-refractivity contribution in [3.63, 3.8) is 0 Å². The molecule has 1 atom stereocenters. The summed E-state index contributed by atoms with van der Waals surface area (Å²) in [5, 5.41) is 11.2. The Morgan fingerprint density at radius 1 is 1.37 bits per heavy atom. The van der Waals surface area contributed by atoms with Gasteiger partial charge in [-0.2, -0.15) is 14.5 Å². The van der Waals surface area contributed by atoms with Gasteiger partial charge >= 0.3 is 0 Å². The Morgan fingerprint density at radius 2 is 2.15 bits per heavy atom. The highest BCUT2D eigenvalue weighted by Gasteiger charge is 2.34. The van der Waals surface area contributed by atoms with Gasteiger partial charge in [0.05, 0.1) is 17.8 Å². The lowest BCUT2D eigenvalue weighted by atomic mass is 9.99. The number of carbonyl (C=O) groups is 1. The van der Waals surface area contributed by atoms with Crippen LogP contribution in [0.15, 0.2) is 23.5 Å². The summed E-state index contributed by atoms with van der Waals surface area (Å²) in [5.41, 5.74) is 1.40. The maximum absolute atomic E-state index is 13.0. The van der Waals surface area contributed by atoms with Gasteiger partial charge in [-0.3, -0.25) is 14.2 Å². The molecule has 1 N–H and O–H groups in total. The standard InChI is InChI=1S/C17H26N6O3S/c1-4-22-12-16(13(2)20-22)27(25,26)23-7-5-6-15(11-23)17(24)18-8-14-9-19-21(3)10-14/h9-10,12,15H,4-8,11H2,1-3H3,(H,18,24). The fraction of sp³-hybridized carbons (Fsp3) is 0.588. The average molecular weight is 395 g/mol. The molecular formula is C17H26N6O3S. The Kier molecular flexibility index (Phi) is 5.66. The molecule has 1 aliphatic heterocycles. The molecule has 1 aliphatic rings. The average Bonchev–Trinajstić information content (AvgIpc) is 3.25. The summed E-state index contributed by atoms with van der Waals surface area (Å²) in [4.78, 5) is 12.8. The number of nitrogens with zero attached hydrogens (tertiary/aromatic N) is 5. The summed E-state index contributed by atoms with van der Waals surface area (Å²) in [6, 6.07) is 0. The number of sulfonamides is 1. The summed E-state index contributed by atoms with van der Waals surface area (Å²) in [5.74, 6) is -0.480. The lowest BCUT2D eigenvalue weighted by Crippen LogP contribution is -2.45. The largest absolute Gasteiger partial charge is 0.352 e. The zero-order valence-electron chi connectivity index (χ0n) is 15.9. The van der Waals surface area contributed by atoms with Crippen LogP contribution in [0, 0.1) is 12.8 Å². The van der Waals surface area contributed by atoms with Crippen molar-refractivity contribution in [3.05, 3.63) is 29.8 Å². The van der Waals surface area contributed by atoms with Gasteiger partial charge in [-0.1, -0.05) is 0 Å². The topological polar surface area (TPSA) is 102 Å². The summed E-state index contributed by atoms with van der Waals surface area (Å²) in [6.45, 7) is 5.21. The van der Waals surface area contributed by atoms with E-state index >= 15 is 0 Å². The van der Waals surface area contributed by atoms with E-state index in [9.17, 15) is 13.2 Å². The minimum absolute atomic E-state index is 0.125. The molecule has 10 heteroatoms. The van der Waals surface area contributed by atoms with Gasteiger partial charge in [0, 0.05) is 51.2 Å². The molecule has 0 saturated carbocycles. The number of hydrogen-bond acceptors (Lipinski definition) is 5. The van der Waals surface area contributed by atoms with Crippen LogP contribution in [-0.4, -0.2) is 51.3 Å². The molecule has 1 fully saturated rings. The van der Waals surface area contributed by atoms with Crippen LogP contribution >= 0.6 is 0 Å². The molecule has 0 bridgehead atoms. The van der Waals surface area contributed by atoms with E-state index in [2.05, 4.69) is 15.5 Å². The molecule has 27 heavy (non-hydrogen) atoms. The smallest absolute Gasteiger partial charge is 0.246 e. The van der Waals surface area contributed by atoms with Crippen LogP contribution < -0.4 is 5.32 Å². The zero-order valence-corrected chi connectivity index (χ0v) is 16.7. The Balaban J connectivity index is 1.67. The molecule has 0 aliphatic carbocycles. The van der Waals surface area contributed by atoms with Crippen molar-refractivity contribution in [1.82, 2.24) is 29.2 Å². The minimum atomic E-state index is -3.66. The number of aryl methyl sites for hydroxylation is 3. The number of rotatable bonds is 6. The molecule has 2 aromatic heterocycles. The first-order valence-corrected chi connectivity index (χ1v) is 10.5. The van der Waals surface area contributed by atoms with E-state index in [1.165, 1.54) is 4.31 Å². The van der Waals surface area contributed by atoms with Gasteiger partial charge in [0.25, 0.3) is 0 Å². The zero-order chi connectivity index (χ0) is 19.6. The second-order valence-corrected chi connectivity index (χ2v) is 8.78. The Morgan fingerprint density at radius 3 is 2.78 bits per heavy atom. The number of hydrogen-bond donors (Lipinski definition) is 1. The van der Waals surface area contributed by atoms with Gasteiger partial charge < -0.3 is 5.32 Å². The van der Waals surface area contributed by atoms with E-state index in [0.29, 0.717) is 38.2 Å². The maximum atomic E-state index is 13.0. The normalized spacial score (nSPS) is 18.6. The molecule has 3 rings (SSSR count). The van der Waals surface area contributed by atoms with Crippen LogP contribution in [0.2, 0.25) is 0 Å². The van der Waals surface area contributed by atoms with Crippen molar-refractivity contribution in [2.45, 2.75) is 44.7 Å². The van der Waals surface area contributed by atoms with Crippen LogP contribution in [0.4, 0.5) is 0 Å². The predicted molar refractivity (Wildman–Crippen MR) is 99.2 cm³/mol. The van der Waals surface area contributed by atoms with E-state index < -0.39 is 10.0 Å². The van der Waals surface area contributed by atoms with Gasteiger partial charge in [-0.25, -0.2) is 8.42 Å². The van der Waals surface area contributed by atoms with Crippen molar-refractivity contribution < 1.29 is 13.2 Å². The third kappa shape index (κ3) is 4.22. The summed E-state index contributed by atoms with van der Waals surface area (Å²) in [7, 11) is -1.84. The highest BCUT2D eigenvalue weighted by molar-refractivity contribution is 7.89. The van der Waals surface area contributed by atoms with Gasteiger partial charge in [0.1, 0.15) is 4.90 Å². The third-order valence-electron chi connectivity index (χ3n) is 4.82. The van der Waals surface area contributed by atoms with Crippen molar-refractivity contribution in [2.24, 2.45) is 13.0 Å². The SMILES string of the molecule is CCn1cc(S(=O)(=O)N2CCCC(C(=O)NCc3cnn(C)c3)C2)c(C)n1. The first-order chi connectivity index (χ1) is 12.8. The van der Waals surface area contributed by atoms with Gasteiger partial charge in [-0.05, 0) is 26.7 Å². The van der Waals surface area contributed by atoms with E-state index in [4.69, 9.17) is 0 Å². The van der Waals surface area contributed by atoms with Crippen LogP contribution in [0.25, 0.3) is 0 Å². The molecule has 148 valence electrons. The molecular weight excluding hydrogens is 368 g/mol. The predicted octanol–water partition coefficient (Wildman–Crippen LogP) is 0.662. The first kappa shape index (κ1) is 19.6.